The molecular weight excluding hydrogens is 434 g/mol. The minimum Gasteiger partial charge on any atom is -0.346 e. The van der Waals surface area contributed by atoms with Crippen molar-refractivity contribution < 1.29 is 13.2 Å². The fraction of sp³-hybridized carbons (Fsp3) is 0.222. The zero-order chi connectivity index (χ0) is 21.2. The number of aryl methyl sites for hydroxylation is 2. The third kappa shape index (κ3) is 4.78. The number of amides is 1. The summed E-state index contributed by atoms with van der Waals surface area (Å²) in [6, 6.07) is 5.83. The molecule has 0 spiro atoms. The van der Waals surface area contributed by atoms with Crippen molar-refractivity contribution in [2.24, 2.45) is 5.73 Å². The number of aromatic nitrogens is 3. The molecule has 0 radical (unpaired) electrons. The van der Waals surface area contributed by atoms with Crippen LogP contribution in [0.2, 0.25) is 5.02 Å². The molecule has 0 aliphatic heterocycles. The van der Waals surface area contributed by atoms with E-state index in [1.807, 2.05) is 6.92 Å². The quantitative estimate of drug-likeness (QED) is 0.589. The fourth-order valence-corrected chi connectivity index (χ4v) is 4.93. The lowest BCUT2D eigenvalue weighted by atomic mass is 10.3. The Kier molecular flexibility index (Phi) is 6.27. The van der Waals surface area contributed by atoms with Crippen molar-refractivity contribution in [1.29, 1.82) is 0 Å². The molecule has 1 amide bonds. The number of carbonyl (C=O) groups is 1. The number of rotatable bonds is 6. The van der Waals surface area contributed by atoms with Gasteiger partial charge >= 0.3 is 0 Å². The molecule has 152 valence electrons. The summed E-state index contributed by atoms with van der Waals surface area (Å²) in [6.45, 7) is 3.75. The highest BCUT2D eigenvalue weighted by Gasteiger charge is 2.29. The highest BCUT2D eigenvalue weighted by atomic mass is 35.5. The van der Waals surface area contributed by atoms with Crippen LogP contribution in [0, 0.1) is 13.8 Å². The number of sulfone groups is 1. The fourth-order valence-electron chi connectivity index (χ4n) is 2.56. The van der Waals surface area contributed by atoms with Crippen LogP contribution in [-0.2, 0) is 16.4 Å². The second-order valence-corrected chi connectivity index (χ2v) is 10.0. The van der Waals surface area contributed by atoms with E-state index in [0.717, 1.165) is 9.88 Å². The molecule has 0 aliphatic rings. The molecule has 0 aliphatic carbocycles. The molecule has 0 fully saturated rings. The van der Waals surface area contributed by atoms with Gasteiger partial charge in [-0.05, 0) is 32.0 Å². The summed E-state index contributed by atoms with van der Waals surface area (Å²) < 4.78 is 25.6. The number of halogens is 1. The van der Waals surface area contributed by atoms with Crippen molar-refractivity contribution in [3.05, 3.63) is 68.6 Å². The van der Waals surface area contributed by atoms with Crippen molar-refractivity contribution in [2.75, 3.05) is 0 Å². The first-order valence-corrected chi connectivity index (χ1v) is 11.2. The molecule has 2 aromatic heterocycles. The number of benzene rings is 1. The number of thiazole rings is 1. The SMILES string of the molecule is Cc1ncc(CNC(=O)c2cnc(C(N)S(=O)(=O)c3cccc(Cl)c3)c(C)n2)s1. The average Bonchev–Trinajstić information content (AvgIpc) is 3.10. The van der Waals surface area contributed by atoms with E-state index in [1.54, 1.807) is 19.2 Å². The van der Waals surface area contributed by atoms with Gasteiger partial charge in [-0.1, -0.05) is 17.7 Å². The maximum atomic E-state index is 12.8. The molecule has 1 aromatic carbocycles. The molecule has 2 heterocycles. The Balaban J connectivity index is 1.78. The lowest BCUT2D eigenvalue weighted by molar-refractivity contribution is 0.0945. The third-order valence-electron chi connectivity index (χ3n) is 4.04. The molecule has 0 saturated carbocycles. The molecule has 3 aromatic rings. The van der Waals surface area contributed by atoms with Gasteiger partial charge in [0.1, 0.15) is 5.69 Å². The second-order valence-electron chi connectivity index (χ2n) is 6.18. The molecule has 29 heavy (non-hydrogen) atoms. The average molecular weight is 452 g/mol. The topological polar surface area (TPSA) is 128 Å². The molecule has 1 unspecified atom stereocenters. The zero-order valence-corrected chi connectivity index (χ0v) is 18.0. The lowest BCUT2D eigenvalue weighted by Crippen LogP contribution is -2.27. The van der Waals surface area contributed by atoms with Gasteiger partial charge in [-0.2, -0.15) is 0 Å². The maximum Gasteiger partial charge on any atom is 0.271 e. The summed E-state index contributed by atoms with van der Waals surface area (Å²) in [5, 5.41) is 2.48. The summed E-state index contributed by atoms with van der Waals surface area (Å²) in [4.78, 5) is 25.6. The minimum atomic E-state index is -3.93. The number of carbonyl (C=O) groups excluding carboxylic acids is 1. The molecule has 3 rings (SSSR count). The van der Waals surface area contributed by atoms with Crippen molar-refractivity contribution in [2.45, 2.75) is 30.7 Å². The summed E-state index contributed by atoms with van der Waals surface area (Å²) >= 11 is 7.36. The van der Waals surface area contributed by atoms with Gasteiger partial charge in [0.15, 0.2) is 15.2 Å². The number of nitrogens with zero attached hydrogens (tertiary/aromatic N) is 3. The predicted octanol–water partition coefficient (Wildman–Crippen LogP) is 2.56. The molecule has 8 nitrogen and oxygen atoms in total. The van der Waals surface area contributed by atoms with Crippen molar-refractivity contribution in [3.63, 3.8) is 0 Å². The largest absolute Gasteiger partial charge is 0.346 e. The van der Waals surface area contributed by atoms with E-state index >= 15 is 0 Å². The van der Waals surface area contributed by atoms with Gasteiger partial charge in [0.2, 0.25) is 0 Å². The van der Waals surface area contributed by atoms with Gasteiger partial charge in [-0.3, -0.25) is 9.78 Å². The Morgan fingerprint density at radius 1 is 1.28 bits per heavy atom. The molecule has 11 heteroatoms. The molecule has 1 atom stereocenters. The van der Waals surface area contributed by atoms with Crippen LogP contribution in [-0.4, -0.2) is 29.3 Å². The van der Waals surface area contributed by atoms with E-state index in [-0.39, 0.29) is 27.0 Å². The Morgan fingerprint density at radius 3 is 2.66 bits per heavy atom. The van der Waals surface area contributed by atoms with Crippen molar-refractivity contribution in [1.82, 2.24) is 20.3 Å². The van der Waals surface area contributed by atoms with Gasteiger partial charge < -0.3 is 11.1 Å². The van der Waals surface area contributed by atoms with Crippen LogP contribution < -0.4 is 11.1 Å². The van der Waals surface area contributed by atoms with E-state index in [9.17, 15) is 13.2 Å². The summed E-state index contributed by atoms with van der Waals surface area (Å²) in [5.41, 5.74) is 6.37. The van der Waals surface area contributed by atoms with Gasteiger partial charge in [-0.15, -0.1) is 11.3 Å². The highest BCUT2D eigenvalue weighted by molar-refractivity contribution is 7.91. The monoisotopic (exact) mass is 451 g/mol. The number of hydrogen-bond donors (Lipinski definition) is 2. The Hall–Kier alpha value is -2.40. The maximum absolute atomic E-state index is 12.8. The smallest absolute Gasteiger partial charge is 0.271 e. The predicted molar refractivity (Wildman–Crippen MR) is 110 cm³/mol. The Morgan fingerprint density at radius 2 is 2.03 bits per heavy atom. The second kappa shape index (κ2) is 8.54. The summed E-state index contributed by atoms with van der Waals surface area (Å²) in [6.07, 6.45) is 2.91. The van der Waals surface area contributed by atoms with E-state index in [1.165, 1.54) is 35.7 Å². The summed E-state index contributed by atoms with van der Waals surface area (Å²) in [5.74, 6) is -0.426. The van der Waals surface area contributed by atoms with E-state index < -0.39 is 21.1 Å². The third-order valence-corrected chi connectivity index (χ3v) is 6.99. The lowest BCUT2D eigenvalue weighted by Gasteiger charge is -2.15. The van der Waals surface area contributed by atoms with Crippen LogP contribution in [0.4, 0.5) is 0 Å². The normalized spacial score (nSPS) is 12.6. The van der Waals surface area contributed by atoms with Crippen molar-refractivity contribution >= 4 is 38.7 Å². The van der Waals surface area contributed by atoms with Gasteiger partial charge in [0.25, 0.3) is 5.91 Å². The van der Waals surface area contributed by atoms with Crippen LogP contribution >= 0.6 is 22.9 Å². The van der Waals surface area contributed by atoms with E-state index in [2.05, 4.69) is 20.3 Å². The standard InChI is InChI=1S/C18H18ClN5O3S2/c1-10-16(17(20)29(26,27)14-5-3-4-12(19)6-14)22-9-15(24-10)18(25)23-8-13-7-21-11(2)28-13/h3-7,9,17H,8,20H2,1-2H3,(H,23,25). The first kappa shape index (κ1) is 21.3. The molecule has 0 saturated heterocycles. The highest BCUT2D eigenvalue weighted by Crippen LogP contribution is 2.26. The van der Waals surface area contributed by atoms with Crippen LogP contribution in [0.15, 0.2) is 41.6 Å². The van der Waals surface area contributed by atoms with Crippen molar-refractivity contribution in [3.8, 4) is 0 Å². The minimum absolute atomic E-state index is 0.0135. The Labute approximate surface area is 177 Å². The van der Waals surface area contributed by atoms with Gasteiger partial charge in [0, 0.05) is 16.1 Å². The first-order chi connectivity index (χ1) is 13.7. The molecule has 0 bridgehead atoms. The van der Waals surface area contributed by atoms with Crippen LogP contribution in [0.5, 0.6) is 0 Å². The first-order valence-electron chi connectivity index (χ1n) is 8.46. The van der Waals surface area contributed by atoms with Crippen LogP contribution in [0.25, 0.3) is 0 Å². The zero-order valence-electron chi connectivity index (χ0n) is 15.6. The molecular formula is C18H18ClN5O3S2. The number of nitrogens with one attached hydrogen (secondary N) is 1. The van der Waals surface area contributed by atoms with E-state index in [4.69, 9.17) is 17.3 Å². The molecule has 3 N–H and O–H groups in total. The van der Waals surface area contributed by atoms with Crippen LogP contribution in [0.3, 0.4) is 0 Å². The number of hydrogen-bond acceptors (Lipinski definition) is 8. The van der Waals surface area contributed by atoms with Gasteiger partial charge in [0.05, 0.1) is 34.0 Å². The van der Waals surface area contributed by atoms with Crippen LogP contribution in [0.1, 0.15) is 37.1 Å². The van der Waals surface area contributed by atoms with E-state index in [0.29, 0.717) is 6.54 Å². The Bertz CT molecular complexity index is 1160. The van der Waals surface area contributed by atoms with Gasteiger partial charge in [-0.25, -0.2) is 18.4 Å². The summed E-state index contributed by atoms with van der Waals surface area (Å²) in [7, 11) is -3.93. The number of nitrogens with two attached hydrogens (primary N) is 1.